The van der Waals surface area contributed by atoms with E-state index in [9.17, 15) is 4.79 Å². The zero-order valence-electron chi connectivity index (χ0n) is 11.3. The van der Waals surface area contributed by atoms with Crippen LogP contribution in [0.1, 0.15) is 30.6 Å². The van der Waals surface area contributed by atoms with Crippen LogP contribution in [0.4, 0.5) is 5.69 Å². The number of hydrogen-bond donors (Lipinski definition) is 1. The molecule has 3 atom stereocenters. The van der Waals surface area contributed by atoms with Crippen LogP contribution in [0.3, 0.4) is 0 Å². The van der Waals surface area contributed by atoms with Crippen molar-refractivity contribution >= 4 is 11.7 Å². The maximum atomic E-state index is 12.1. The molecule has 0 spiro atoms. The Kier molecular flexibility index (Phi) is 3.19. The summed E-state index contributed by atoms with van der Waals surface area (Å²) in [7, 11) is 0. The molecule has 3 rings (SSSR count). The number of aryl methyl sites for hydroxylation is 1. The van der Waals surface area contributed by atoms with Gasteiger partial charge in [-0.25, -0.2) is 4.79 Å². The van der Waals surface area contributed by atoms with Gasteiger partial charge >= 0.3 is 5.97 Å². The third kappa shape index (κ3) is 2.10. The van der Waals surface area contributed by atoms with Crippen LogP contribution >= 0.6 is 0 Å². The van der Waals surface area contributed by atoms with Gasteiger partial charge in [-0.1, -0.05) is 17.7 Å². The summed E-state index contributed by atoms with van der Waals surface area (Å²) in [5.41, 5.74) is 3.37. The summed E-state index contributed by atoms with van der Waals surface area (Å²) in [4.78, 5) is 12.1. The highest BCUT2D eigenvalue weighted by molar-refractivity contribution is 5.81. The average Bonchev–Trinajstić information content (AvgIpc) is 2.87. The topological polar surface area (TPSA) is 47.6 Å². The Hall–Kier alpha value is -1.55. The summed E-state index contributed by atoms with van der Waals surface area (Å²) >= 11 is 0. The first-order chi connectivity index (χ1) is 9.20. The van der Waals surface area contributed by atoms with Crippen molar-refractivity contribution in [3.8, 4) is 0 Å². The van der Waals surface area contributed by atoms with E-state index in [0.29, 0.717) is 13.2 Å². The highest BCUT2D eigenvalue weighted by Gasteiger charge is 2.44. The largest absolute Gasteiger partial charge is 0.464 e. The number of benzene rings is 1. The minimum absolute atomic E-state index is 0.0190. The Morgan fingerprint density at radius 1 is 1.53 bits per heavy atom. The van der Waals surface area contributed by atoms with Crippen LogP contribution in [0.25, 0.3) is 0 Å². The molecule has 4 heteroatoms. The van der Waals surface area contributed by atoms with Gasteiger partial charge in [-0.15, -0.1) is 0 Å². The lowest BCUT2D eigenvalue weighted by atomic mass is 9.83. The first kappa shape index (κ1) is 12.5. The molecule has 0 unspecified atom stereocenters. The predicted octanol–water partition coefficient (Wildman–Crippen LogP) is 2.43. The first-order valence-corrected chi connectivity index (χ1v) is 6.86. The smallest absolute Gasteiger partial charge is 0.328 e. The molecule has 19 heavy (non-hydrogen) atoms. The molecule has 0 radical (unpaired) electrons. The van der Waals surface area contributed by atoms with Crippen molar-refractivity contribution in [1.29, 1.82) is 0 Å². The maximum Gasteiger partial charge on any atom is 0.328 e. The molecule has 0 saturated carbocycles. The number of ether oxygens (including phenoxy) is 2. The number of carbonyl (C=O) groups is 1. The van der Waals surface area contributed by atoms with Crippen molar-refractivity contribution in [2.75, 3.05) is 18.5 Å². The monoisotopic (exact) mass is 261 g/mol. The second-order valence-electron chi connectivity index (χ2n) is 5.21. The van der Waals surface area contributed by atoms with Crippen LogP contribution in [-0.2, 0) is 14.3 Å². The fourth-order valence-corrected chi connectivity index (χ4v) is 3.06. The predicted molar refractivity (Wildman–Crippen MR) is 72.0 cm³/mol. The minimum atomic E-state index is -0.289. The molecule has 1 N–H and O–H groups in total. The average molecular weight is 261 g/mol. The molecular weight excluding hydrogens is 242 g/mol. The molecule has 1 fully saturated rings. The van der Waals surface area contributed by atoms with Crippen molar-refractivity contribution in [3.63, 3.8) is 0 Å². The van der Waals surface area contributed by atoms with E-state index in [1.807, 2.05) is 19.1 Å². The molecule has 0 aromatic heterocycles. The van der Waals surface area contributed by atoms with Gasteiger partial charge in [0.05, 0.1) is 12.7 Å². The van der Waals surface area contributed by atoms with E-state index in [-0.39, 0.29) is 24.0 Å². The second kappa shape index (κ2) is 4.85. The van der Waals surface area contributed by atoms with E-state index in [1.165, 1.54) is 11.1 Å². The summed E-state index contributed by atoms with van der Waals surface area (Å²) in [6, 6.07) is 5.92. The Morgan fingerprint density at radius 3 is 3.16 bits per heavy atom. The lowest BCUT2D eigenvalue weighted by molar-refractivity contribution is -0.146. The Balaban J connectivity index is 1.96. The van der Waals surface area contributed by atoms with Crippen LogP contribution in [0.2, 0.25) is 0 Å². The number of anilines is 1. The molecule has 0 aliphatic carbocycles. The summed E-state index contributed by atoms with van der Waals surface area (Å²) in [6.45, 7) is 5.03. The molecule has 0 amide bonds. The van der Waals surface area contributed by atoms with Gasteiger partial charge in [-0.05, 0) is 26.3 Å². The third-order valence-corrected chi connectivity index (χ3v) is 3.93. The number of rotatable bonds is 2. The van der Waals surface area contributed by atoms with E-state index < -0.39 is 0 Å². The van der Waals surface area contributed by atoms with Gasteiger partial charge in [-0.3, -0.25) is 0 Å². The van der Waals surface area contributed by atoms with Gasteiger partial charge in [0.2, 0.25) is 0 Å². The molecular formula is C15H19NO3. The zero-order valence-corrected chi connectivity index (χ0v) is 11.3. The number of fused-ring (bicyclic) bond motifs is 3. The van der Waals surface area contributed by atoms with Crippen molar-refractivity contribution < 1.29 is 14.3 Å². The van der Waals surface area contributed by atoms with Crippen molar-refractivity contribution in [2.45, 2.75) is 32.4 Å². The Labute approximate surface area is 113 Å². The highest BCUT2D eigenvalue weighted by Crippen LogP contribution is 2.45. The van der Waals surface area contributed by atoms with E-state index in [1.54, 1.807) is 0 Å². The summed E-state index contributed by atoms with van der Waals surface area (Å²) in [6.07, 6.45) is 0.916. The molecule has 102 valence electrons. The second-order valence-corrected chi connectivity index (χ2v) is 5.21. The molecule has 1 aromatic rings. The Morgan fingerprint density at radius 2 is 2.37 bits per heavy atom. The van der Waals surface area contributed by atoms with Gasteiger partial charge in [0.15, 0.2) is 0 Å². The maximum absolute atomic E-state index is 12.1. The number of carbonyl (C=O) groups excluding carboxylic acids is 1. The van der Waals surface area contributed by atoms with Crippen LogP contribution in [-0.4, -0.2) is 25.2 Å². The summed E-state index contributed by atoms with van der Waals surface area (Å²) in [5, 5.41) is 3.33. The summed E-state index contributed by atoms with van der Waals surface area (Å²) < 4.78 is 11.0. The lowest BCUT2D eigenvalue weighted by Gasteiger charge is -2.34. The van der Waals surface area contributed by atoms with Gasteiger partial charge in [0.1, 0.15) is 6.04 Å². The van der Waals surface area contributed by atoms with E-state index in [0.717, 1.165) is 12.1 Å². The van der Waals surface area contributed by atoms with Gasteiger partial charge in [0, 0.05) is 23.8 Å². The fraction of sp³-hybridized carbons (Fsp3) is 0.533. The minimum Gasteiger partial charge on any atom is -0.464 e. The molecule has 4 nitrogen and oxygen atoms in total. The molecule has 2 heterocycles. The SMILES string of the molecule is CCOC(=O)[C@H]1Nc2ccc(C)cc2[C@H]2OCC[C@@H]12. The normalized spacial score (nSPS) is 28.2. The molecule has 2 aliphatic rings. The number of nitrogens with one attached hydrogen (secondary N) is 1. The van der Waals surface area contributed by atoms with Crippen LogP contribution in [0.15, 0.2) is 18.2 Å². The van der Waals surface area contributed by atoms with Crippen molar-refractivity contribution in [3.05, 3.63) is 29.3 Å². The van der Waals surface area contributed by atoms with Gasteiger partial charge in [-0.2, -0.15) is 0 Å². The van der Waals surface area contributed by atoms with E-state index in [4.69, 9.17) is 9.47 Å². The first-order valence-electron chi connectivity index (χ1n) is 6.86. The molecule has 0 bridgehead atoms. The van der Waals surface area contributed by atoms with E-state index in [2.05, 4.69) is 18.3 Å². The Bertz CT molecular complexity index is 500. The standard InChI is InChI=1S/C15H19NO3/c1-3-18-15(17)13-10-6-7-19-14(10)11-8-9(2)4-5-12(11)16-13/h4-5,8,10,13-14,16H,3,6-7H2,1-2H3/t10-,13-,14-/m0/s1. The van der Waals surface area contributed by atoms with Gasteiger partial charge in [0.25, 0.3) is 0 Å². The quantitative estimate of drug-likeness (QED) is 0.831. The van der Waals surface area contributed by atoms with Crippen LogP contribution < -0.4 is 5.32 Å². The van der Waals surface area contributed by atoms with Crippen molar-refractivity contribution in [2.24, 2.45) is 5.92 Å². The molecule has 2 aliphatic heterocycles. The lowest BCUT2D eigenvalue weighted by Crippen LogP contribution is -2.43. The molecule has 1 aromatic carbocycles. The number of hydrogen-bond acceptors (Lipinski definition) is 4. The zero-order chi connectivity index (χ0) is 13.4. The van der Waals surface area contributed by atoms with Crippen LogP contribution in [0, 0.1) is 12.8 Å². The highest BCUT2D eigenvalue weighted by atomic mass is 16.5. The summed E-state index contributed by atoms with van der Waals surface area (Å²) in [5.74, 6) is 0.00238. The number of esters is 1. The van der Waals surface area contributed by atoms with E-state index >= 15 is 0 Å². The molecule has 1 saturated heterocycles. The van der Waals surface area contributed by atoms with Crippen molar-refractivity contribution in [1.82, 2.24) is 0 Å². The van der Waals surface area contributed by atoms with Gasteiger partial charge < -0.3 is 14.8 Å². The fourth-order valence-electron chi connectivity index (χ4n) is 3.06. The van der Waals surface area contributed by atoms with Crippen LogP contribution in [0.5, 0.6) is 0 Å². The third-order valence-electron chi connectivity index (χ3n) is 3.93.